The highest BCUT2D eigenvalue weighted by Crippen LogP contribution is 2.18. The Morgan fingerprint density at radius 2 is 1.83 bits per heavy atom. The van der Waals surface area contributed by atoms with E-state index in [2.05, 4.69) is 0 Å². The highest BCUT2D eigenvalue weighted by Gasteiger charge is 2.27. The Bertz CT molecular complexity index is 657. The van der Waals surface area contributed by atoms with Crippen molar-refractivity contribution in [2.45, 2.75) is 19.1 Å². The van der Waals surface area contributed by atoms with Gasteiger partial charge in [-0.05, 0) is 29.8 Å². The van der Waals surface area contributed by atoms with Crippen LogP contribution in [0.1, 0.15) is 12.0 Å². The molecule has 126 valence electrons. The van der Waals surface area contributed by atoms with Gasteiger partial charge in [0.25, 0.3) is 5.91 Å². The normalized spacial score (nSPS) is 16.9. The first-order valence-electron chi connectivity index (χ1n) is 8.06. The third kappa shape index (κ3) is 4.26. The molecule has 0 aromatic heterocycles. The Morgan fingerprint density at radius 1 is 1.08 bits per heavy atom. The van der Waals surface area contributed by atoms with E-state index in [9.17, 15) is 4.79 Å². The smallest absolute Gasteiger partial charge is 0.260 e. The molecular weight excluding hydrogens is 306 g/mol. The van der Waals surface area contributed by atoms with Gasteiger partial charge in [0.2, 0.25) is 0 Å². The van der Waals surface area contributed by atoms with Crippen LogP contribution in [0, 0.1) is 0 Å². The summed E-state index contributed by atoms with van der Waals surface area (Å²) in [6, 6.07) is 16.7. The Hall–Kier alpha value is -2.53. The van der Waals surface area contributed by atoms with Crippen molar-refractivity contribution < 1.29 is 19.4 Å². The van der Waals surface area contributed by atoms with Crippen molar-refractivity contribution in [3.63, 3.8) is 0 Å². The van der Waals surface area contributed by atoms with Crippen molar-refractivity contribution in [1.82, 2.24) is 4.90 Å². The van der Waals surface area contributed by atoms with Crippen LogP contribution in [0.2, 0.25) is 0 Å². The first-order valence-corrected chi connectivity index (χ1v) is 8.06. The van der Waals surface area contributed by atoms with Gasteiger partial charge in [-0.25, -0.2) is 0 Å². The summed E-state index contributed by atoms with van der Waals surface area (Å²) in [6.45, 7) is 1.27. The molecule has 1 N–H and O–H groups in total. The van der Waals surface area contributed by atoms with Gasteiger partial charge >= 0.3 is 0 Å². The van der Waals surface area contributed by atoms with E-state index in [1.807, 2.05) is 30.3 Å². The van der Waals surface area contributed by atoms with E-state index in [1.54, 1.807) is 29.2 Å². The molecule has 3 rings (SSSR count). The van der Waals surface area contributed by atoms with Crippen LogP contribution in [-0.2, 0) is 11.4 Å². The van der Waals surface area contributed by atoms with Crippen LogP contribution in [0.4, 0.5) is 0 Å². The topological polar surface area (TPSA) is 59.0 Å². The fraction of sp³-hybridized carbons (Fsp3) is 0.316. The van der Waals surface area contributed by atoms with Crippen LogP contribution in [0.5, 0.6) is 11.5 Å². The minimum absolute atomic E-state index is 0.00418. The van der Waals surface area contributed by atoms with Gasteiger partial charge in [-0.2, -0.15) is 0 Å². The van der Waals surface area contributed by atoms with E-state index < -0.39 is 0 Å². The lowest BCUT2D eigenvalue weighted by molar-refractivity contribution is -0.132. The highest BCUT2D eigenvalue weighted by atomic mass is 16.5. The molecule has 24 heavy (non-hydrogen) atoms. The predicted molar refractivity (Wildman–Crippen MR) is 89.9 cm³/mol. The van der Waals surface area contributed by atoms with Crippen molar-refractivity contribution >= 4 is 5.91 Å². The number of benzene rings is 2. The molecule has 1 fully saturated rings. The third-order valence-electron chi connectivity index (χ3n) is 4.01. The Balaban J connectivity index is 1.45. The molecule has 1 aliphatic heterocycles. The van der Waals surface area contributed by atoms with Gasteiger partial charge in [-0.3, -0.25) is 4.79 Å². The first-order chi connectivity index (χ1) is 11.7. The first kappa shape index (κ1) is 16.3. The van der Waals surface area contributed by atoms with Crippen LogP contribution in [-0.4, -0.2) is 41.7 Å². The van der Waals surface area contributed by atoms with E-state index in [1.165, 1.54) is 0 Å². The summed E-state index contributed by atoms with van der Waals surface area (Å²) in [5, 5.41) is 9.01. The fourth-order valence-corrected chi connectivity index (χ4v) is 2.67. The zero-order chi connectivity index (χ0) is 16.8. The summed E-state index contributed by atoms with van der Waals surface area (Å²) in [4.78, 5) is 14.0. The van der Waals surface area contributed by atoms with Gasteiger partial charge < -0.3 is 19.5 Å². The molecule has 5 heteroatoms. The molecule has 1 aliphatic rings. The zero-order valence-corrected chi connectivity index (χ0v) is 13.4. The van der Waals surface area contributed by atoms with Crippen molar-refractivity contribution in [3.8, 4) is 11.5 Å². The maximum atomic E-state index is 12.2. The average molecular weight is 327 g/mol. The molecule has 1 amide bonds. The van der Waals surface area contributed by atoms with Crippen molar-refractivity contribution in [2.24, 2.45) is 0 Å². The molecule has 1 atom stereocenters. The number of nitrogens with zero attached hydrogens (tertiary/aromatic N) is 1. The number of hydrogen-bond acceptors (Lipinski definition) is 4. The second-order valence-corrected chi connectivity index (χ2v) is 5.77. The summed E-state index contributed by atoms with van der Waals surface area (Å²) >= 11 is 0. The third-order valence-corrected chi connectivity index (χ3v) is 4.01. The number of ether oxygens (including phenoxy) is 2. The van der Waals surface area contributed by atoms with Crippen molar-refractivity contribution in [1.29, 1.82) is 0 Å². The van der Waals surface area contributed by atoms with Crippen molar-refractivity contribution in [3.05, 3.63) is 60.2 Å². The van der Waals surface area contributed by atoms with Crippen LogP contribution in [0.25, 0.3) is 0 Å². The Morgan fingerprint density at radius 3 is 2.54 bits per heavy atom. The molecule has 0 saturated carbocycles. The molecule has 0 radical (unpaired) electrons. The average Bonchev–Trinajstić information content (AvgIpc) is 3.09. The molecule has 0 bridgehead atoms. The number of aliphatic hydroxyl groups excluding tert-OH is 1. The molecule has 2 aromatic carbocycles. The molecule has 2 aromatic rings. The standard InChI is InChI=1S/C19H21NO4/c21-13-15-6-8-16(9-7-15)23-14-19(22)20-11-10-18(12-20)24-17-4-2-1-3-5-17/h1-9,18,21H,10-14H2. The van der Waals surface area contributed by atoms with Crippen LogP contribution < -0.4 is 9.47 Å². The lowest BCUT2D eigenvalue weighted by Gasteiger charge is -2.17. The van der Waals surface area contributed by atoms with Crippen molar-refractivity contribution in [2.75, 3.05) is 19.7 Å². The Labute approximate surface area is 141 Å². The molecule has 5 nitrogen and oxygen atoms in total. The highest BCUT2D eigenvalue weighted by molar-refractivity contribution is 5.78. The monoisotopic (exact) mass is 327 g/mol. The summed E-state index contributed by atoms with van der Waals surface area (Å²) in [5.41, 5.74) is 0.814. The maximum absolute atomic E-state index is 12.2. The van der Waals surface area contributed by atoms with Gasteiger partial charge in [0, 0.05) is 13.0 Å². The SMILES string of the molecule is O=C(COc1ccc(CO)cc1)N1CCC(Oc2ccccc2)C1. The number of amides is 1. The van der Waals surface area contributed by atoms with Crippen LogP contribution in [0.3, 0.4) is 0 Å². The van der Waals surface area contributed by atoms with Gasteiger partial charge in [0.05, 0.1) is 13.2 Å². The summed E-state index contributed by atoms with van der Waals surface area (Å²) in [6.07, 6.45) is 0.853. The quantitative estimate of drug-likeness (QED) is 0.884. The molecular formula is C19H21NO4. The van der Waals surface area contributed by atoms with E-state index >= 15 is 0 Å². The fourth-order valence-electron chi connectivity index (χ4n) is 2.67. The number of hydrogen-bond donors (Lipinski definition) is 1. The summed E-state index contributed by atoms with van der Waals surface area (Å²) < 4.78 is 11.4. The number of likely N-dealkylation sites (tertiary alicyclic amines) is 1. The summed E-state index contributed by atoms with van der Waals surface area (Å²) in [7, 11) is 0. The molecule has 1 unspecified atom stereocenters. The second-order valence-electron chi connectivity index (χ2n) is 5.77. The van der Waals surface area contributed by atoms with Gasteiger partial charge in [0.1, 0.15) is 17.6 Å². The predicted octanol–water partition coefficient (Wildman–Crippen LogP) is 2.24. The lowest BCUT2D eigenvalue weighted by Crippen LogP contribution is -2.34. The number of carbonyl (C=O) groups excluding carboxylic acids is 1. The Kier molecular flexibility index (Phi) is 5.33. The summed E-state index contributed by atoms with van der Waals surface area (Å²) in [5.74, 6) is 1.41. The zero-order valence-electron chi connectivity index (χ0n) is 13.4. The minimum Gasteiger partial charge on any atom is -0.489 e. The van der Waals surface area contributed by atoms with E-state index in [0.717, 1.165) is 17.7 Å². The van der Waals surface area contributed by atoms with E-state index in [-0.39, 0.29) is 25.2 Å². The number of carbonyl (C=O) groups is 1. The largest absolute Gasteiger partial charge is 0.489 e. The molecule has 0 spiro atoms. The van der Waals surface area contributed by atoms with Crippen LogP contribution >= 0.6 is 0 Å². The van der Waals surface area contributed by atoms with Gasteiger partial charge in [-0.15, -0.1) is 0 Å². The van der Waals surface area contributed by atoms with E-state index in [0.29, 0.717) is 18.8 Å². The lowest BCUT2D eigenvalue weighted by atomic mass is 10.2. The maximum Gasteiger partial charge on any atom is 0.260 e. The number of aliphatic hydroxyl groups is 1. The molecule has 1 heterocycles. The van der Waals surface area contributed by atoms with Gasteiger partial charge in [0.15, 0.2) is 6.61 Å². The molecule has 1 saturated heterocycles. The van der Waals surface area contributed by atoms with E-state index in [4.69, 9.17) is 14.6 Å². The number of para-hydroxylation sites is 1. The van der Waals surface area contributed by atoms with Gasteiger partial charge in [-0.1, -0.05) is 30.3 Å². The van der Waals surface area contributed by atoms with Crippen LogP contribution in [0.15, 0.2) is 54.6 Å². The number of rotatable bonds is 6. The molecule has 0 aliphatic carbocycles. The second kappa shape index (κ2) is 7.84. The minimum atomic E-state index is -0.0413.